The Hall–Kier alpha value is -1.06. The molecular formula is C10H22N2O2. The maximum absolute atomic E-state index is 10.0. The fourth-order valence-electron chi connectivity index (χ4n) is 0.805. The molecular weight excluding hydrogens is 180 g/mol. The summed E-state index contributed by atoms with van der Waals surface area (Å²) in [5.74, 6) is 0.375. The average molecular weight is 202 g/mol. The summed E-state index contributed by atoms with van der Waals surface area (Å²) in [4.78, 5) is 20.1. The predicted octanol–water partition coefficient (Wildman–Crippen LogP) is 1.04. The normalized spacial score (nSPS) is 9.57. The average Bonchev–Trinajstić information content (AvgIpc) is 1.79. The molecule has 0 heterocycles. The van der Waals surface area contributed by atoms with Crippen molar-refractivity contribution in [2.75, 3.05) is 0 Å². The van der Waals surface area contributed by atoms with E-state index < -0.39 is 0 Å². The third-order valence-electron chi connectivity index (χ3n) is 1.22. The van der Waals surface area contributed by atoms with Gasteiger partial charge in [-0.15, -0.1) is 0 Å². The molecule has 0 unspecified atom stereocenters. The van der Waals surface area contributed by atoms with E-state index in [0.29, 0.717) is 24.7 Å². The molecule has 0 aromatic rings. The Morgan fingerprint density at radius 1 is 0.857 bits per heavy atom. The maximum Gasteiger partial charge on any atom is 0.217 e. The highest BCUT2D eigenvalue weighted by Gasteiger charge is 1.96. The number of hydrogen-bond acceptors (Lipinski definition) is 2. The molecule has 0 spiro atoms. The van der Waals surface area contributed by atoms with Crippen molar-refractivity contribution in [2.24, 2.45) is 23.3 Å². The summed E-state index contributed by atoms with van der Waals surface area (Å²) >= 11 is 0. The lowest BCUT2D eigenvalue weighted by atomic mass is 10.1. The molecule has 84 valence electrons. The molecule has 0 saturated heterocycles. The van der Waals surface area contributed by atoms with Gasteiger partial charge in [-0.1, -0.05) is 27.7 Å². The fourth-order valence-corrected chi connectivity index (χ4v) is 0.805. The van der Waals surface area contributed by atoms with Crippen molar-refractivity contribution in [3.05, 3.63) is 0 Å². The maximum atomic E-state index is 10.0. The molecule has 0 aliphatic heterocycles. The first kappa shape index (κ1) is 15.4. The minimum absolute atomic E-state index is 0.213. The number of carbonyl (C=O) groups excluding carboxylic acids is 2. The number of nitrogens with two attached hydrogens (primary N) is 2. The van der Waals surface area contributed by atoms with Gasteiger partial charge in [0.2, 0.25) is 11.8 Å². The Kier molecular flexibility index (Phi) is 9.40. The highest BCUT2D eigenvalue weighted by atomic mass is 16.1. The molecule has 0 radical (unpaired) electrons. The quantitative estimate of drug-likeness (QED) is 0.713. The van der Waals surface area contributed by atoms with Crippen LogP contribution in [0.1, 0.15) is 40.5 Å². The molecule has 0 aromatic carbocycles. The van der Waals surface area contributed by atoms with Crippen molar-refractivity contribution in [3.63, 3.8) is 0 Å². The van der Waals surface area contributed by atoms with Crippen LogP contribution in [-0.2, 0) is 9.59 Å². The van der Waals surface area contributed by atoms with Gasteiger partial charge in [-0.3, -0.25) is 9.59 Å². The van der Waals surface area contributed by atoms with E-state index in [2.05, 4.69) is 0 Å². The molecule has 4 N–H and O–H groups in total. The van der Waals surface area contributed by atoms with E-state index in [1.165, 1.54) is 0 Å². The largest absolute Gasteiger partial charge is 0.370 e. The van der Waals surface area contributed by atoms with E-state index in [1.54, 1.807) is 0 Å². The lowest BCUT2D eigenvalue weighted by molar-refractivity contribution is -0.119. The summed E-state index contributed by atoms with van der Waals surface area (Å²) in [5, 5.41) is 0. The molecule has 4 nitrogen and oxygen atoms in total. The summed E-state index contributed by atoms with van der Waals surface area (Å²) in [6.07, 6.45) is 1.00. The van der Waals surface area contributed by atoms with Crippen LogP contribution in [0.2, 0.25) is 0 Å². The molecule has 2 amide bonds. The van der Waals surface area contributed by atoms with Crippen LogP contribution in [0, 0.1) is 11.8 Å². The van der Waals surface area contributed by atoms with E-state index in [-0.39, 0.29) is 11.8 Å². The molecule has 0 rings (SSSR count). The van der Waals surface area contributed by atoms with Gasteiger partial charge >= 0.3 is 0 Å². The van der Waals surface area contributed by atoms with E-state index in [9.17, 15) is 9.59 Å². The zero-order valence-electron chi connectivity index (χ0n) is 9.54. The number of rotatable bonds is 4. The van der Waals surface area contributed by atoms with Crippen molar-refractivity contribution in [1.82, 2.24) is 0 Å². The fraction of sp³-hybridized carbons (Fsp3) is 0.800. The molecule has 0 atom stereocenters. The highest BCUT2D eigenvalue weighted by Crippen LogP contribution is 1.95. The third kappa shape index (κ3) is 22.4. The second-order valence-electron chi connectivity index (χ2n) is 4.13. The van der Waals surface area contributed by atoms with Gasteiger partial charge in [0.1, 0.15) is 0 Å². The number of hydrogen-bond donors (Lipinski definition) is 2. The van der Waals surface area contributed by atoms with Crippen LogP contribution in [0.15, 0.2) is 0 Å². The Morgan fingerprint density at radius 3 is 1.07 bits per heavy atom. The lowest BCUT2D eigenvalue weighted by Crippen LogP contribution is -2.12. The second-order valence-corrected chi connectivity index (χ2v) is 4.13. The van der Waals surface area contributed by atoms with Crippen molar-refractivity contribution in [1.29, 1.82) is 0 Å². The van der Waals surface area contributed by atoms with Gasteiger partial charge in [0, 0.05) is 12.8 Å². The molecule has 0 aromatic heterocycles. The Morgan fingerprint density at radius 2 is 1.07 bits per heavy atom. The first-order chi connectivity index (χ1) is 6.25. The third-order valence-corrected chi connectivity index (χ3v) is 1.22. The summed E-state index contributed by atoms with van der Waals surface area (Å²) in [5.41, 5.74) is 9.71. The summed E-state index contributed by atoms with van der Waals surface area (Å²) in [6, 6.07) is 0. The zero-order valence-corrected chi connectivity index (χ0v) is 9.54. The first-order valence-corrected chi connectivity index (χ1v) is 4.82. The first-order valence-electron chi connectivity index (χ1n) is 4.82. The number of primary amides is 2. The molecule has 0 aliphatic carbocycles. The number of carbonyl (C=O) groups is 2. The van der Waals surface area contributed by atoms with E-state index in [0.717, 1.165) is 0 Å². The SMILES string of the molecule is CC(C)CC(N)=O.CC(C)CC(N)=O. The van der Waals surface area contributed by atoms with Crippen LogP contribution in [0.25, 0.3) is 0 Å². The topological polar surface area (TPSA) is 86.2 Å². The summed E-state index contributed by atoms with van der Waals surface area (Å²) < 4.78 is 0. The predicted molar refractivity (Wildman–Crippen MR) is 57.3 cm³/mol. The lowest BCUT2D eigenvalue weighted by Gasteiger charge is -1.95. The highest BCUT2D eigenvalue weighted by molar-refractivity contribution is 5.74. The molecule has 0 fully saturated rings. The molecule has 0 bridgehead atoms. The zero-order chi connectivity index (χ0) is 11.7. The molecule has 0 saturated carbocycles. The van der Waals surface area contributed by atoms with E-state index in [1.807, 2.05) is 27.7 Å². The van der Waals surface area contributed by atoms with Crippen molar-refractivity contribution >= 4 is 11.8 Å². The van der Waals surface area contributed by atoms with Gasteiger partial charge in [-0.25, -0.2) is 0 Å². The van der Waals surface area contributed by atoms with Crippen LogP contribution < -0.4 is 11.5 Å². The van der Waals surface area contributed by atoms with Gasteiger partial charge in [-0.05, 0) is 11.8 Å². The Labute approximate surface area is 86.0 Å². The number of amides is 2. The Balaban J connectivity index is 0. The molecule has 4 heteroatoms. The minimum atomic E-state index is -0.213. The minimum Gasteiger partial charge on any atom is -0.370 e. The smallest absolute Gasteiger partial charge is 0.217 e. The van der Waals surface area contributed by atoms with Crippen LogP contribution in [0.3, 0.4) is 0 Å². The van der Waals surface area contributed by atoms with Gasteiger partial charge in [0.25, 0.3) is 0 Å². The van der Waals surface area contributed by atoms with Crippen LogP contribution >= 0.6 is 0 Å². The molecule has 0 aliphatic rings. The standard InChI is InChI=1S/2C5H11NO/c2*1-4(2)3-5(6)7/h2*4H,3H2,1-2H3,(H2,6,7). The second kappa shape index (κ2) is 8.53. The molecule has 14 heavy (non-hydrogen) atoms. The van der Waals surface area contributed by atoms with Gasteiger partial charge in [-0.2, -0.15) is 0 Å². The van der Waals surface area contributed by atoms with Crippen molar-refractivity contribution < 1.29 is 9.59 Å². The van der Waals surface area contributed by atoms with Crippen LogP contribution in [0.5, 0.6) is 0 Å². The van der Waals surface area contributed by atoms with Crippen molar-refractivity contribution in [3.8, 4) is 0 Å². The summed E-state index contributed by atoms with van der Waals surface area (Å²) in [6.45, 7) is 7.85. The van der Waals surface area contributed by atoms with Gasteiger partial charge in [0.15, 0.2) is 0 Å². The van der Waals surface area contributed by atoms with E-state index >= 15 is 0 Å². The van der Waals surface area contributed by atoms with Crippen LogP contribution in [0.4, 0.5) is 0 Å². The van der Waals surface area contributed by atoms with Crippen LogP contribution in [-0.4, -0.2) is 11.8 Å². The van der Waals surface area contributed by atoms with Gasteiger partial charge in [0.05, 0.1) is 0 Å². The monoisotopic (exact) mass is 202 g/mol. The summed E-state index contributed by atoms with van der Waals surface area (Å²) in [7, 11) is 0. The van der Waals surface area contributed by atoms with Gasteiger partial charge < -0.3 is 11.5 Å². The van der Waals surface area contributed by atoms with E-state index in [4.69, 9.17) is 11.5 Å². The Bertz CT molecular complexity index is 157. The van der Waals surface area contributed by atoms with Crippen molar-refractivity contribution in [2.45, 2.75) is 40.5 Å².